The van der Waals surface area contributed by atoms with Gasteiger partial charge in [-0.15, -0.1) is 0 Å². The molecule has 144 valence electrons. The summed E-state index contributed by atoms with van der Waals surface area (Å²) in [5.41, 5.74) is 3.30. The third-order valence-corrected chi connectivity index (χ3v) is 7.05. The fourth-order valence-corrected chi connectivity index (χ4v) is 5.05. The Morgan fingerprint density at radius 3 is 2.37 bits per heavy atom. The Kier molecular flexibility index (Phi) is 5.67. The van der Waals surface area contributed by atoms with Gasteiger partial charge >= 0.3 is 0 Å². The Labute approximate surface area is 161 Å². The first-order valence-electron chi connectivity index (χ1n) is 9.28. The van der Waals surface area contributed by atoms with Gasteiger partial charge < -0.3 is 5.32 Å². The van der Waals surface area contributed by atoms with Gasteiger partial charge in [0.05, 0.1) is 10.9 Å². The predicted octanol–water partition coefficient (Wildman–Crippen LogP) is 3.58. The molecule has 6 heteroatoms. The van der Waals surface area contributed by atoms with Crippen LogP contribution in [0.3, 0.4) is 0 Å². The molecule has 1 fully saturated rings. The number of nitrogens with zero attached hydrogens (tertiary/aromatic N) is 1. The molecule has 0 bridgehead atoms. The number of hydrogen-bond donors (Lipinski definition) is 1. The normalized spacial score (nSPS) is 16.3. The zero-order valence-electron chi connectivity index (χ0n) is 16.0. The van der Waals surface area contributed by atoms with Crippen molar-refractivity contribution in [2.75, 3.05) is 13.1 Å². The Morgan fingerprint density at radius 2 is 1.70 bits per heavy atom. The average Bonchev–Trinajstić information content (AvgIpc) is 3.17. The van der Waals surface area contributed by atoms with Crippen LogP contribution in [0.25, 0.3) is 0 Å². The zero-order valence-corrected chi connectivity index (χ0v) is 16.8. The van der Waals surface area contributed by atoms with Crippen LogP contribution in [-0.4, -0.2) is 31.7 Å². The summed E-state index contributed by atoms with van der Waals surface area (Å²) in [6, 6.07) is 12.5. The first kappa shape index (κ1) is 19.6. The molecule has 1 aliphatic rings. The van der Waals surface area contributed by atoms with Gasteiger partial charge in [-0.05, 0) is 62.4 Å². The Balaban J connectivity index is 1.86. The van der Waals surface area contributed by atoms with E-state index in [0.29, 0.717) is 18.7 Å². The first-order chi connectivity index (χ1) is 12.8. The second-order valence-corrected chi connectivity index (χ2v) is 9.08. The Hall–Kier alpha value is -2.18. The van der Waals surface area contributed by atoms with Gasteiger partial charge in [0.25, 0.3) is 5.91 Å². The summed E-state index contributed by atoms with van der Waals surface area (Å²) in [5.74, 6) is -0.262. The molecule has 27 heavy (non-hydrogen) atoms. The summed E-state index contributed by atoms with van der Waals surface area (Å²) >= 11 is 0. The molecule has 5 nitrogen and oxygen atoms in total. The summed E-state index contributed by atoms with van der Waals surface area (Å²) < 4.78 is 27.1. The number of carbonyl (C=O) groups is 1. The number of sulfonamides is 1. The minimum atomic E-state index is -3.55. The largest absolute Gasteiger partial charge is 0.345 e. The molecule has 0 radical (unpaired) electrons. The van der Waals surface area contributed by atoms with Crippen molar-refractivity contribution in [3.63, 3.8) is 0 Å². The minimum Gasteiger partial charge on any atom is -0.345 e. The molecular weight excluding hydrogens is 360 g/mol. The van der Waals surface area contributed by atoms with Crippen LogP contribution in [0.2, 0.25) is 0 Å². The molecule has 1 aliphatic heterocycles. The molecule has 0 spiro atoms. The van der Waals surface area contributed by atoms with Gasteiger partial charge in [-0.25, -0.2) is 8.42 Å². The van der Waals surface area contributed by atoms with Crippen LogP contribution in [0.1, 0.15) is 52.9 Å². The quantitative estimate of drug-likeness (QED) is 0.854. The third kappa shape index (κ3) is 4.06. The number of amides is 1. The van der Waals surface area contributed by atoms with Crippen molar-refractivity contribution in [1.29, 1.82) is 0 Å². The number of aryl methyl sites for hydroxylation is 2. The average molecular weight is 387 g/mol. The van der Waals surface area contributed by atoms with Gasteiger partial charge in [0, 0.05) is 18.7 Å². The summed E-state index contributed by atoms with van der Waals surface area (Å²) in [5, 5.41) is 2.99. The smallest absolute Gasteiger partial charge is 0.252 e. The number of nitrogens with one attached hydrogen (secondary N) is 1. The molecule has 1 unspecified atom stereocenters. The molecule has 2 aromatic rings. The van der Waals surface area contributed by atoms with E-state index in [1.54, 1.807) is 12.1 Å². The van der Waals surface area contributed by atoms with E-state index >= 15 is 0 Å². The zero-order chi connectivity index (χ0) is 19.6. The number of rotatable bonds is 5. The van der Waals surface area contributed by atoms with Crippen LogP contribution < -0.4 is 5.32 Å². The van der Waals surface area contributed by atoms with Gasteiger partial charge in [-0.3, -0.25) is 4.79 Å². The second kappa shape index (κ2) is 7.82. The van der Waals surface area contributed by atoms with E-state index in [4.69, 9.17) is 0 Å². The van der Waals surface area contributed by atoms with E-state index in [1.165, 1.54) is 10.4 Å². The maximum absolute atomic E-state index is 12.8. The summed E-state index contributed by atoms with van der Waals surface area (Å²) in [6.45, 7) is 6.84. The minimum absolute atomic E-state index is 0.169. The lowest BCUT2D eigenvalue weighted by molar-refractivity contribution is 0.0939. The van der Waals surface area contributed by atoms with Crippen molar-refractivity contribution in [2.24, 2.45) is 0 Å². The molecule has 1 heterocycles. The van der Waals surface area contributed by atoms with Crippen LogP contribution in [0.5, 0.6) is 0 Å². The van der Waals surface area contributed by atoms with E-state index in [2.05, 4.69) is 5.32 Å². The lowest BCUT2D eigenvalue weighted by Gasteiger charge is -2.19. The highest BCUT2D eigenvalue weighted by Gasteiger charge is 2.28. The van der Waals surface area contributed by atoms with E-state index in [-0.39, 0.29) is 16.8 Å². The molecule has 1 saturated heterocycles. The molecule has 1 amide bonds. The topological polar surface area (TPSA) is 66.5 Å². The van der Waals surface area contributed by atoms with Crippen molar-refractivity contribution >= 4 is 15.9 Å². The van der Waals surface area contributed by atoms with Crippen molar-refractivity contribution in [1.82, 2.24) is 9.62 Å². The van der Waals surface area contributed by atoms with Crippen LogP contribution in [0.15, 0.2) is 47.4 Å². The number of benzene rings is 2. The SMILES string of the molecule is Cc1ccc(S(=O)(=O)N2CCCC2)cc1C(=O)NC(C)c1ccccc1C. The summed E-state index contributed by atoms with van der Waals surface area (Å²) in [6.07, 6.45) is 1.76. The monoisotopic (exact) mass is 386 g/mol. The highest BCUT2D eigenvalue weighted by Crippen LogP contribution is 2.24. The van der Waals surface area contributed by atoms with Gasteiger partial charge in [0.2, 0.25) is 10.0 Å². The molecule has 0 aromatic heterocycles. The van der Waals surface area contributed by atoms with E-state index in [9.17, 15) is 13.2 Å². The van der Waals surface area contributed by atoms with Crippen molar-refractivity contribution in [3.8, 4) is 0 Å². The highest BCUT2D eigenvalue weighted by molar-refractivity contribution is 7.89. The lowest BCUT2D eigenvalue weighted by Crippen LogP contribution is -2.30. The number of carbonyl (C=O) groups excluding carboxylic acids is 1. The van der Waals surface area contributed by atoms with Crippen LogP contribution in [-0.2, 0) is 10.0 Å². The summed E-state index contributed by atoms with van der Waals surface area (Å²) in [4.78, 5) is 13.0. The van der Waals surface area contributed by atoms with Gasteiger partial charge in [0.15, 0.2) is 0 Å². The van der Waals surface area contributed by atoms with Crippen molar-refractivity contribution < 1.29 is 13.2 Å². The second-order valence-electron chi connectivity index (χ2n) is 7.14. The highest BCUT2D eigenvalue weighted by atomic mass is 32.2. The van der Waals surface area contributed by atoms with Gasteiger partial charge in [-0.1, -0.05) is 30.3 Å². The lowest BCUT2D eigenvalue weighted by atomic mass is 10.0. The predicted molar refractivity (Wildman–Crippen MR) is 106 cm³/mol. The fraction of sp³-hybridized carbons (Fsp3) is 0.381. The molecule has 0 aliphatic carbocycles. The van der Waals surface area contributed by atoms with E-state index < -0.39 is 10.0 Å². The molecule has 0 saturated carbocycles. The van der Waals surface area contributed by atoms with E-state index in [1.807, 2.05) is 45.0 Å². The first-order valence-corrected chi connectivity index (χ1v) is 10.7. The Morgan fingerprint density at radius 1 is 1.04 bits per heavy atom. The Bertz CT molecular complexity index is 948. The molecule has 1 N–H and O–H groups in total. The van der Waals surface area contributed by atoms with E-state index in [0.717, 1.165) is 29.5 Å². The molecule has 3 rings (SSSR count). The maximum atomic E-state index is 12.8. The van der Waals surface area contributed by atoms with Gasteiger partial charge in [-0.2, -0.15) is 4.31 Å². The third-order valence-electron chi connectivity index (χ3n) is 5.16. The van der Waals surface area contributed by atoms with Crippen LogP contribution in [0.4, 0.5) is 0 Å². The molecule has 2 aromatic carbocycles. The number of hydrogen-bond acceptors (Lipinski definition) is 3. The maximum Gasteiger partial charge on any atom is 0.252 e. The molecular formula is C21H26N2O3S. The molecule has 1 atom stereocenters. The van der Waals surface area contributed by atoms with Crippen molar-refractivity contribution in [2.45, 2.75) is 44.6 Å². The van der Waals surface area contributed by atoms with Crippen molar-refractivity contribution in [3.05, 3.63) is 64.7 Å². The van der Waals surface area contributed by atoms with Crippen LogP contribution in [0, 0.1) is 13.8 Å². The summed E-state index contributed by atoms with van der Waals surface area (Å²) in [7, 11) is -3.55. The van der Waals surface area contributed by atoms with Gasteiger partial charge in [0.1, 0.15) is 0 Å². The van der Waals surface area contributed by atoms with Crippen LogP contribution >= 0.6 is 0 Å². The standard InChI is InChI=1S/C21H26N2O3S/c1-15-8-4-5-9-19(15)17(3)22-21(24)20-14-18(11-10-16(20)2)27(25,26)23-12-6-7-13-23/h4-5,8-11,14,17H,6-7,12-13H2,1-3H3,(H,22,24). The fourth-order valence-electron chi connectivity index (χ4n) is 3.51.